The summed E-state index contributed by atoms with van der Waals surface area (Å²) in [7, 11) is 0. The molecule has 0 atom stereocenters. The molecule has 1 aliphatic rings. The summed E-state index contributed by atoms with van der Waals surface area (Å²) in [5, 5.41) is 3.26. The van der Waals surface area contributed by atoms with Gasteiger partial charge in [0.1, 0.15) is 4.32 Å². The Morgan fingerprint density at radius 2 is 2.00 bits per heavy atom. The Kier molecular flexibility index (Phi) is 8.55. The predicted octanol–water partition coefficient (Wildman–Crippen LogP) is 5.37. The Morgan fingerprint density at radius 1 is 1.19 bits per heavy atom. The van der Waals surface area contributed by atoms with Gasteiger partial charge in [0.25, 0.3) is 11.8 Å². The van der Waals surface area contributed by atoms with Crippen LogP contribution in [0.4, 0.5) is 5.69 Å². The SMILES string of the molecule is CCCN1C(=O)/C(=C/c2ccc(OCC(=O)Nc3cccc(Cl)c3)c(OCC)c2)SC1=S. The topological polar surface area (TPSA) is 67.9 Å². The van der Waals surface area contributed by atoms with E-state index in [2.05, 4.69) is 5.32 Å². The third-order valence-electron chi connectivity index (χ3n) is 4.35. The molecule has 1 fully saturated rings. The smallest absolute Gasteiger partial charge is 0.266 e. The number of thiocarbonyl (C=S) groups is 1. The molecule has 3 rings (SSSR count). The van der Waals surface area contributed by atoms with Crippen LogP contribution in [-0.2, 0) is 9.59 Å². The summed E-state index contributed by atoms with van der Waals surface area (Å²) < 4.78 is 11.9. The second-order valence-corrected chi connectivity index (χ2v) is 8.93. The molecule has 0 radical (unpaired) electrons. The number of nitrogens with one attached hydrogen (secondary N) is 1. The molecular weight excluding hydrogens is 468 g/mol. The van der Waals surface area contributed by atoms with Crippen molar-refractivity contribution in [3.63, 3.8) is 0 Å². The lowest BCUT2D eigenvalue weighted by atomic mass is 10.2. The van der Waals surface area contributed by atoms with Crippen molar-refractivity contribution in [2.75, 3.05) is 25.1 Å². The number of benzene rings is 2. The zero-order valence-electron chi connectivity index (χ0n) is 17.7. The van der Waals surface area contributed by atoms with E-state index in [0.29, 0.717) is 44.6 Å². The lowest BCUT2D eigenvalue weighted by Gasteiger charge is -2.13. The molecule has 1 heterocycles. The van der Waals surface area contributed by atoms with Crippen molar-refractivity contribution in [2.45, 2.75) is 20.3 Å². The van der Waals surface area contributed by atoms with E-state index in [0.717, 1.165) is 12.0 Å². The Bertz CT molecular complexity index is 1060. The van der Waals surface area contributed by atoms with Crippen molar-refractivity contribution in [3.8, 4) is 11.5 Å². The first-order valence-electron chi connectivity index (χ1n) is 10.1. The van der Waals surface area contributed by atoms with Crippen LogP contribution in [0.5, 0.6) is 11.5 Å². The van der Waals surface area contributed by atoms with Crippen molar-refractivity contribution >= 4 is 63.5 Å². The molecule has 0 saturated carbocycles. The van der Waals surface area contributed by atoms with Crippen LogP contribution >= 0.6 is 35.6 Å². The maximum absolute atomic E-state index is 12.6. The van der Waals surface area contributed by atoms with E-state index in [4.69, 9.17) is 33.3 Å². The number of hydrogen-bond donors (Lipinski definition) is 1. The van der Waals surface area contributed by atoms with Crippen molar-refractivity contribution in [1.29, 1.82) is 0 Å². The number of carbonyl (C=O) groups is 2. The number of nitrogens with zero attached hydrogens (tertiary/aromatic N) is 1. The fraction of sp³-hybridized carbons (Fsp3) is 0.261. The number of halogens is 1. The number of ether oxygens (including phenoxy) is 2. The van der Waals surface area contributed by atoms with Gasteiger partial charge in [-0.05, 0) is 55.3 Å². The van der Waals surface area contributed by atoms with Gasteiger partial charge in [-0.25, -0.2) is 0 Å². The van der Waals surface area contributed by atoms with Gasteiger partial charge in [-0.15, -0.1) is 0 Å². The maximum Gasteiger partial charge on any atom is 0.266 e. The molecule has 0 spiro atoms. The molecule has 6 nitrogen and oxygen atoms in total. The van der Waals surface area contributed by atoms with Gasteiger partial charge < -0.3 is 14.8 Å². The Balaban J connectivity index is 1.70. The lowest BCUT2D eigenvalue weighted by Crippen LogP contribution is -2.28. The third-order valence-corrected chi connectivity index (χ3v) is 5.97. The molecule has 32 heavy (non-hydrogen) atoms. The minimum absolute atomic E-state index is 0.0853. The van der Waals surface area contributed by atoms with E-state index in [1.807, 2.05) is 13.8 Å². The van der Waals surface area contributed by atoms with Gasteiger partial charge in [-0.3, -0.25) is 14.5 Å². The second-order valence-electron chi connectivity index (χ2n) is 6.82. The van der Waals surface area contributed by atoms with Gasteiger partial charge in [0.05, 0.1) is 11.5 Å². The Morgan fingerprint density at radius 3 is 2.72 bits per heavy atom. The zero-order valence-corrected chi connectivity index (χ0v) is 20.1. The highest BCUT2D eigenvalue weighted by Crippen LogP contribution is 2.35. The van der Waals surface area contributed by atoms with Crippen molar-refractivity contribution in [3.05, 3.63) is 58.0 Å². The summed E-state index contributed by atoms with van der Waals surface area (Å²) in [6.07, 6.45) is 2.62. The summed E-state index contributed by atoms with van der Waals surface area (Å²) >= 11 is 12.5. The van der Waals surface area contributed by atoms with Gasteiger partial charge in [-0.2, -0.15) is 0 Å². The van der Waals surface area contributed by atoms with E-state index in [9.17, 15) is 9.59 Å². The fourth-order valence-corrected chi connectivity index (χ4v) is 4.48. The number of carbonyl (C=O) groups excluding carboxylic acids is 2. The second kappa shape index (κ2) is 11.4. The molecule has 2 aromatic rings. The van der Waals surface area contributed by atoms with Crippen LogP contribution in [0.25, 0.3) is 6.08 Å². The minimum atomic E-state index is -0.321. The largest absolute Gasteiger partial charge is 0.490 e. The van der Waals surface area contributed by atoms with Crippen LogP contribution in [0, 0.1) is 0 Å². The molecule has 0 bridgehead atoms. The molecule has 0 aliphatic carbocycles. The molecule has 1 saturated heterocycles. The Labute approximate surface area is 201 Å². The first-order valence-corrected chi connectivity index (χ1v) is 11.7. The van der Waals surface area contributed by atoms with Crippen LogP contribution in [0.3, 0.4) is 0 Å². The highest BCUT2D eigenvalue weighted by molar-refractivity contribution is 8.26. The van der Waals surface area contributed by atoms with Gasteiger partial charge in [-0.1, -0.05) is 54.6 Å². The predicted molar refractivity (Wildman–Crippen MR) is 133 cm³/mol. The minimum Gasteiger partial charge on any atom is -0.490 e. The summed E-state index contributed by atoms with van der Waals surface area (Å²) in [6.45, 7) is 4.70. The zero-order chi connectivity index (χ0) is 23.1. The van der Waals surface area contributed by atoms with Gasteiger partial charge in [0.2, 0.25) is 0 Å². The summed E-state index contributed by atoms with van der Waals surface area (Å²) in [5.74, 6) is 0.515. The van der Waals surface area contributed by atoms with Crippen molar-refractivity contribution < 1.29 is 19.1 Å². The highest BCUT2D eigenvalue weighted by atomic mass is 35.5. The third kappa shape index (κ3) is 6.25. The van der Waals surface area contributed by atoms with E-state index in [1.54, 1.807) is 53.4 Å². The molecule has 2 amide bonds. The quantitative estimate of drug-likeness (QED) is 0.376. The average molecular weight is 491 g/mol. The van der Waals surface area contributed by atoms with Crippen LogP contribution < -0.4 is 14.8 Å². The summed E-state index contributed by atoms with van der Waals surface area (Å²) in [6, 6.07) is 12.2. The van der Waals surface area contributed by atoms with Crippen LogP contribution in [0.2, 0.25) is 5.02 Å². The number of anilines is 1. The van der Waals surface area contributed by atoms with Gasteiger partial charge in [0.15, 0.2) is 18.1 Å². The molecule has 168 valence electrons. The van der Waals surface area contributed by atoms with Crippen molar-refractivity contribution in [1.82, 2.24) is 4.90 Å². The van der Waals surface area contributed by atoms with Gasteiger partial charge >= 0.3 is 0 Å². The standard InChI is InChI=1S/C23H23ClN2O4S2/c1-3-10-26-22(28)20(32-23(26)31)12-15-8-9-18(19(11-15)29-4-2)30-14-21(27)25-17-7-5-6-16(24)13-17/h5-9,11-13H,3-4,10,14H2,1-2H3,(H,25,27)/b20-12-. The van der Waals surface area contributed by atoms with E-state index in [-0.39, 0.29) is 18.4 Å². The highest BCUT2D eigenvalue weighted by Gasteiger charge is 2.31. The molecule has 0 aromatic heterocycles. The average Bonchev–Trinajstić information content (AvgIpc) is 3.01. The van der Waals surface area contributed by atoms with E-state index >= 15 is 0 Å². The first-order chi connectivity index (χ1) is 15.4. The number of hydrogen-bond acceptors (Lipinski definition) is 6. The van der Waals surface area contributed by atoms with E-state index < -0.39 is 0 Å². The van der Waals surface area contributed by atoms with Gasteiger partial charge in [0, 0.05) is 17.3 Å². The summed E-state index contributed by atoms with van der Waals surface area (Å²) in [5.41, 5.74) is 1.37. The molecule has 2 aromatic carbocycles. The fourth-order valence-electron chi connectivity index (χ4n) is 2.98. The van der Waals surface area contributed by atoms with Crippen LogP contribution in [-0.4, -0.2) is 40.8 Å². The van der Waals surface area contributed by atoms with Crippen LogP contribution in [0.15, 0.2) is 47.4 Å². The Hall–Kier alpha value is -2.55. The number of amides is 2. The molecule has 9 heteroatoms. The lowest BCUT2D eigenvalue weighted by molar-refractivity contribution is -0.122. The normalized spacial score (nSPS) is 14.7. The number of thioether (sulfide) groups is 1. The van der Waals surface area contributed by atoms with E-state index in [1.165, 1.54) is 11.8 Å². The summed E-state index contributed by atoms with van der Waals surface area (Å²) in [4.78, 5) is 27.0. The monoisotopic (exact) mass is 490 g/mol. The molecule has 1 N–H and O–H groups in total. The first kappa shape index (κ1) is 24.1. The molecular formula is C23H23ClN2O4S2. The van der Waals surface area contributed by atoms with Crippen LogP contribution in [0.1, 0.15) is 25.8 Å². The van der Waals surface area contributed by atoms with Crippen molar-refractivity contribution in [2.24, 2.45) is 0 Å². The molecule has 1 aliphatic heterocycles. The number of rotatable bonds is 9. The maximum atomic E-state index is 12.6. The molecule has 0 unspecified atom stereocenters.